The quantitative estimate of drug-likeness (QED) is 0.766. The van der Waals surface area contributed by atoms with E-state index in [9.17, 15) is 4.79 Å². The Bertz CT molecular complexity index is 884. The minimum absolute atomic E-state index is 0.0435. The van der Waals surface area contributed by atoms with E-state index in [1.807, 2.05) is 37.3 Å². The molecule has 0 spiro atoms. The number of hydrogen-bond acceptors (Lipinski definition) is 4. The second-order valence-corrected chi connectivity index (χ2v) is 6.87. The fraction of sp³-hybridized carbons (Fsp3) is 0.300. The molecule has 2 aromatic rings. The largest absolute Gasteiger partial charge is 0.492 e. The van der Waals surface area contributed by atoms with Gasteiger partial charge in [0.15, 0.2) is 0 Å². The lowest BCUT2D eigenvalue weighted by molar-refractivity contribution is -0.119. The zero-order chi connectivity index (χ0) is 19.4. The molecule has 1 aliphatic rings. The average Bonchev–Trinajstić information content (AvgIpc) is 3.07. The van der Waals surface area contributed by atoms with Crippen LogP contribution in [0.5, 0.6) is 11.6 Å². The van der Waals surface area contributed by atoms with Crippen LogP contribution in [-0.4, -0.2) is 30.6 Å². The third-order valence-corrected chi connectivity index (χ3v) is 4.81. The highest BCUT2D eigenvalue weighted by molar-refractivity contribution is 6.32. The summed E-state index contributed by atoms with van der Waals surface area (Å²) in [6, 6.07) is 9.06. The minimum Gasteiger partial charge on any atom is -0.492 e. The number of halogens is 2. The zero-order valence-electron chi connectivity index (χ0n) is 15.1. The predicted molar refractivity (Wildman–Crippen MR) is 107 cm³/mol. The molecule has 1 aromatic carbocycles. The maximum Gasteiger partial charge on any atom is 0.232 e. The van der Waals surface area contributed by atoms with Crippen LogP contribution in [0.15, 0.2) is 36.4 Å². The Balaban J connectivity index is 2.06. The summed E-state index contributed by atoms with van der Waals surface area (Å²) in [5.41, 5.74) is 2.38. The van der Waals surface area contributed by atoms with Gasteiger partial charge in [-0.05, 0) is 43.2 Å². The molecule has 7 heteroatoms. The first-order valence-electron chi connectivity index (χ1n) is 8.66. The molecule has 1 saturated heterocycles. The minimum atomic E-state index is -0.0682. The second kappa shape index (κ2) is 8.63. The molecule has 0 saturated carbocycles. The van der Waals surface area contributed by atoms with Gasteiger partial charge in [-0.15, -0.1) is 0 Å². The Labute approximate surface area is 168 Å². The molecule has 27 heavy (non-hydrogen) atoms. The number of carbonyl (C=O) groups is 1. The maximum atomic E-state index is 11.6. The summed E-state index contributed by atoms with van der Waals surface area (Å²) in [4.78, 5) is 16.1. The summed E-state index contributed by atoms with van der Waals surface area (Å²) < 4.78 is 10.8. The molecule has 0 bridgehead atoms. The molecule has 0 unspecified atom stereocenters. The van der Waals surface area contributed by atoms with E-state index in [0.717, 1.165) is 17.6 Å². The van der Waals surface area contributed by atoms with Crippen LogP contribution in [0.3, 0.4) is 0 Å². The van der Waals surface area contributed by atoms with Gasteiger partial charge in [-0.1, -0.05) is 35.3 Å². The highest BCUT2D eigenvalue weighted by atomic mass is 35.5. The zero-order valence-corrected chi connectivity index (χ0v) is 16.6. The molecule has 0 radical (unpaired) electrons. The van der Waals surface area contributed by atoms with Gasteiger partial charge in [-0.25, -0.2) is 4.98 Å². The van der Waals surface area contributed by atoms with Crippen LogP contribution in [0.1, 0.15) is 31.0 Å². The number of nitrogens with zero attached hydrogens (tertiary/aromatic N) is 1. The molecule has 1 atom stereocenters. The summed E-state index contributed by atoms with van der Waals surface area (Å²) >= 11 is 12.5. The lowest BCUT2D eigenvalue weighted by atomic mass is 9.99. The number of rotatable bonds is 6. The van der Waals surface area contributed by atoms with E-state index in [1.54, 1.807) is 6.07 Å². The van der Waals surface area contributed by atoms with Gasteiger partial charge in [0, 0.05) is 18.0 Å². The maximum absolute atomic E-state index is 11.6. The topological polar surface area (TPSA) is 60.5 Å². The van der Waals surface area contributed by atoms with E-state index in [-0.39, 0.29) is 11.9 Å². The van der Waals surface area contributed by atoms with Crippen LogP contribution in [0.2, 0.25) is 10.0 Å². The molecule has 2 heterocycles. The van der Waals surface area contributed by atoms with Crippen molar-refractivity contribution >= 4 is 34.7 Å². The number of amides is 1. The molecule has 1 aromatic heterocycles. The van der Waals surface area contributed by atoms with Crippen LogP contribution in [0, 0.1) is 0 Å². The van der Waals surface area contributed by atoms with Crippen molar-refractivity contribution in [1.82, 2.24) is 10.3 Å². The van der Waals surface area contributed by atoms with Crippen LogP contribution in [-0.2, 0) is 4.79 Å². The Morgan fingerprint density at radius 3 is 2.74 bits per heavy atom. The normalized spacial score (nSPS) is 17.0. The molecular weight excluding hydrogens is 387 g/mol. The Hall–Kier alpha value is -2.24. The molecular formula is C20H20Cl2N2O3. The molecule has 1 aliphatic heterocycles. The number of carbonyl (C=O) groups excluding carboxylic acids is 1. The number of hydrogen-bond donors (Lipinski definition) is 1. The van der Waals surface area contributed by atoms with E-state index < -0.39 is 0 Å². The van der Waals surface area contributed by atoms with Crippen LogP contribution in [0.4, 0.5) is 0 Å². The van der Waals surface area contributed by atoms with Gasteiger partial charge in [0.1, 0.15) is 10.8 Å². The molecule has 3 rings (SSSR count). The standard InChI is InChI=1S/C20H20Cl2N2O3/c1-3-27-18-8-4-12(10-16(18)22)14(11-13-5-9-19(25)23-13)17-7-6-15(21)20(24-17)26-2/h4,6-8,10-11,13H,3,5,9H2,1-2H3,(H,23,25)/t13-/m1/s1. The van der Waals surface area contributed by atoms with E-state index in [4.69, 9.17) is 32.7 Å². The van der Waals surface area contributed by atoms with E-state index in [2.05, 4.69) is 10.3 Å². The van der Waals surface area contributed by atoms with Crippen LogP contribution >= 0.6 is 23.2 Å². The molecule has 1 N–H and O–H groups in total. The van der Waals surface area contributed by atoms with Gasteiger partial charge < -0.3 is 14.8 Å². The number of aromatic nitrogens is 1. The van der Waals surface area contributed by atoms with Gasteiger partial charge in [0.2, 0.25) is 11.8 Å². The van der Waals surface area contributed by atoms with Crippen molar-refractivity contribution in [2.45, 2.75) is 25.8 Å². The number of methoxy groups -OCH3 is 1. The number of pyridine rings is 1. The average molecular weight is 407 g/mol. The van der Waals surface area contributed by atoms with Gasteiger partial charge in [-0.3, -0.25) is 4.79 Å². The summed E-state index contributed by atoms with van der Waals surface area (Å²) in [6.07, 6.45) is 3.24. The van der Waals surface area contributed by atoms with Crippen LogP contribution < -0.4 is 14.8 Å². The van der Waals surface area contributed by atoms with Gasteiger partial charge in [-0.2, -0.15) is 0 Å². The van der Waals surface area contributed by atoms with E-state index in [0.29, 0.717) is 40.4 Å². The monoisotopic (exact) mass is 406 g/mol. The Morgan fingerprint density at radius 2 is 2.11 bits per heavy atom. The molecule has 5 nitrogen and oxygen atoms in total. The number of benzene rings is 1. The first-order valence-corrected chi connectivity index (χ1v) is 9.42. The van der Waals surface area contributed by atoms with Crippen molar-refractivity contribution in [1.29, 1.82) is 0 Å². The van der Waals surface area contributed by atoms with Crippen molar-refractivity contribution in [2.75, 3.05) is 13.7 Å². The molecule has 1 fully saturated rings. The first kappa shape index (κ1) is 19.5. The lowest BCUT2D eigenvalue weighted by Crippen LogP contribution is -2.23. The number of ether oxygens (including phenoxy) is 2. The SMILES string of the molecule is CCOc1ccc(C(=C[C@H]2CCC(=O)N2)c2ccc(Cl)c(OC)n2)cc1Cl. The highest BCUT2D eigenvalue weighted by Gasteiger charge is 2.21. The van der Waals surface area contributed by atoms with E-state index >= 15 is 0 Å². The molecule has 1 amide bonds. The van der Waals surface area contributed by atoms with Crippen LogP contribution in [0.25, 0.3) is 5.57 Å². The van der Waals surface area contributed by atoms with Gasteiger partial charge >= 0.3 is 0 Å². The van der Waals surface area contributed by atoms with Crippen molar-refractivity contribution in [2.24, 2.45) is 0 Å². The molecule has 142 valence electrons. The lowest BCUT2D eigenvalue weighted by Gasteiger charge is -2.14. The van der Waals surface area contributed by atoms with E-state index in [1.165, 1.54) is 7.11 Å². The Kier molecular flexibility index (Phi) is 6.24. The summed E-state index contributed by atoms with van der Waals surface area (Å²) in [5.74, 6) is 1.01. The fourth-order valence-electron chi connectivity index (χ4n) is 2.95. The third kappa shape index (κ3) is 4.54. The van der Waals surface area contributed by atoms with Gasteiger partial charge in [0.25, 0.3) is 0 Å². The first-order chi connectivity index (χ1) is 13.0. The van der Waals surface area contributed by atoms with Crippen molar-refractivity contribution in [3.63, 3.8) is 0 Å². The fourth-order valence-corrected chi connectivity index (χ4v) is 3.37. The highest BCUT2D eigenvalue weighted by Crippen LogP contribution is 2.33. The third-order valence-electron chi connectivity index (χ3n) is 4.22. The summed E-state index contributed by atoms with van der Waals surface area (Å²) in [7, 11) is 1.52. The summed E-state index contributed by atoms with van der Waals surface area (Å²) in [6.45, 7) is 2.44. The second-order valence-electron chi connectivity index (χ2n) is 6.06. The van der Waals surface area contributed by atoms with Gasteiger partial charge in [0.05, 0.1) is 24.4 Å². The Morgan fingerprint density at radius 1 is 1.30 bits per heavy atom. The summed E-state index contributed by atoms with van der Waals surface area (Å²) in [5, 5.41) is 3.89. The number of nitrogens with one attached hydrogen (secondary N) is 1. The molecule has 0 aliphatic carbocycles. The van der Waals surface area contributed by atoms with Crippen molar-refractivity contribution in [3.8, 4) is 11.6 Å². The van der Waals surface area contributed by atoms with Crippen molar-refractivity contribution in [3.05, 3.63) is 57.7 Å². The predicted octanol–water partition coefficient (Wildman–Crippen LogP) is 4.51. The van der Waals surface area contributed by atoms with Crippen molar-refractivity contribution < 1.29 is 14.3 Å². The smallest absolute Gasteiger partial charge is 0.232 e.